The van der Waals surface area contributed by atoms with E-state index in [0.29, 0.717) is 5.92 Å². The van der Waals surface area contributed by atoms with Crippen LogP contribution < -0.4 is 0 Å². The van der Waals surface area contributed by atoms with Gasteiger partial charge in [0.2, 0.25) is 0 Å². The summed E-state index contributed by atoms with van der Waals surface area (Å²) in [6.07, 6.45) is 0. The quantitative estimate of drug-likeness (QED) is 0.535. The third kappa shape index (κ3) is 2.60. The third-order valence-electron chi connectivity index (χ3n) is 1.37. The molecule has 1 aromatic rings. The molecule has 0 aromatic heterocycles. The minimum Gasteiger partial charge on any atom is -0.0950 e. The highest BCUT2D eigenvalue weighted by atomic mass is 35.5. The Morgan fingerprint density at radius 2 is 1.92 bits per heavy atom. The average molecular weight is 179 g/mol. The van der Waals surface area contributed by atoms with Crippen molar-refractivity contribution in [1.29, 1.82) is 0 Å². The van der Waals surface area contributed by atoms with E-state index in [9.17, 15) is 0 Å². The normalized spacial score (nSPS) is 9.33. The van der Waals surface area contributed by atoms with Crippen molar-refractivity contribution in [3.8, 4) is 11.8 Å². The van der Waals surface area contributed by atoms with Crippen molar-refractivity contribution < 1.29 is 0 Å². The fourth-order valence-corrected chi connectivity index (χ4v) is 0.968. The number of hydrogen-bond acceptors (Lipinski definition) is 0. The van der Waals surface area contributed by atoms with Gasteiger partial charge in [0, 0.05) is 11.5 Å². The molecule has 0 unspecified atom stereocenters. The monoisotopic (exact) mass is 178 g/mol. The molecule has 0 aliphatic heterocycles. The molecule has 1 rings (SSSR count). The summed E-state index contributed by atoms with van der Waals surface area (Å²) >= 11 is 5.91. The molecule has 0 amide bonds. The van der Waals surface area contributed by atoms with Gasteiger partial charge >= 0.3 is 0 Å². The molecule has 0 spiro atoms. The Morgan fingerprint density at radius 3 is 2.50 bits per heavy atom. The first kappa shape index (κ1) is 9.16. The van der Waals surface area contributed by atoms with Crippen LogP contribution >= 0.6 is 11.6 Å². The van der Waals surface area contributed by atoms with Crippen LogP contribution in [0.15, 0.2) is 24.3 Å². The number of halogens is 1. The Labute approximate surface area is 78.6 Å². The third-order valence-corrected chi connectivity index (χ3v) is 1.70. The summed E-state index contributed by atoms with van der Waals surface area (Å²) in [5.74, 6) is 6.49. The lowest BCUT2D eigenvalue weighted by Gasteiger charge is -1.93. The standard InChI is InChI=1S/C11H11Cl/c1-9(2)7-8-10-5-3-4-6-11(10)12/h3-6,9H,1-2H3. The largest absolute Gasteiger partial charge is 0.0950 e. The van der Waals surface area contributed by atoms with E-state index in [2.05, 4.69) is 25.7 Å². The van der Waals surface area contributed by atoms with Gasteiger partial charge in [-0.05, 0) is 12.1 Å². The molecule has 0 saturated heterocycles. The predicted molar refractivity (Wildman–Crippen MR) is 53.2 cm³/mol. The molecule has 0 N–H and O–H groups in total. The van der Waals surface area contributed by atoms with Crippen molar-refractivity contribution in [3.63, 3.8) is 0 Å². The molecule has 0 nitrogen and oxygen atoms in total. The molecule has 0 saturated carbocycles. The van der Waals surface area contributed by atoms with Crippen LogP contribution in [-0.4, -0.2) is 0 Å². The van der Waals surface area contributed by atoms with Crippen LogP contribution in [0.4, 0.5) is 0 Å². The average Bonchev–Trinajstić information content (AvgIpc) is 2.03. The smallest absolute Gasteiger partial charge is 0.0562 e. The molecule has 0 heterocycles. The van der Waals surface area contributed by atoms with Gasteiger partial charge in [-0.15, -0.1) is 0 Å². The van der Waals surface area contributed by atoms with E-state index in [1.807, 2.05) is 24.3 Å². The van der Waals surface area contributed by atoms with E-state index in [1.54, 1.807) is 0 Å². The summed E-state index contributed by atoms with van der Waals surface area (Å²) in [7, 11) is 0. The van der Waals surface area contributed by atoms with Gasteiger partial charge in [0.25, 0.3) is 0 Å². The number of rotatable bonds is 0. The van der Waals surface area contributed by atoms with E-state index in [1.165, 1.54) is 0 Å². The van der Waals surface area contributed by atoms with Crippen molar-refractivity contribution in [2.24, 2.45) is 5.92 Å². The first-order valence-electron chi connectivity index (χ1n) is 3.96. The zero-order chi connectivity index (χ0) is 8.97. The summed E-state index contributed by atoms with van der Waals surface area (Å²) in [6, 6.07) is 7.63. The lowest BCUT2D eigenvalue weighted by Crippen LogP contribution is -1.80. The molecule has 0 aliphatic carbocycles. The van der Waals surface area contributed by atoms with E-state index >= 15 is 0 Å². The summed E-state index contributed by atoms with van der Waals surface area (Å²) in [6.45, 7) is 4.12. The topological polar surface area (TPSA) is 0 Å². The summed E-state index contributed by atoms with van der Waals surface area (Å²) in [5.41, 5.74) is 0.910. The van der Waals surface area contributed by atoms with Gasteiger partial charge in [0.1, 0.15) is 0 Å². The van der Waals surface area contributed by atoms with Crippen LogP contribution in [0.25, 0.3) is 0 Å². The highest BCUT2D eigenvalue weighted by Crippen LogP contribution is 2.13. The fraction of sp³-hybridized carbons (Fsp3) is 0.273. The molecule has 1 heteroatoms. The summed E-state index contributed by atoms with van der Waals surface area (Å²) in [5, 5.41) is 0.727. The lowest BCUT2D eigenvalue weighted by atomic mass is 10.2. The lowest BCUT2D eigenvalue weighted by molar-refractivity contribution is 0.866. The zero-order valence-electron chi connectivity index (χ0n) is 7.26. The molecule has 12 heavy (non-hydrogen) atoms. The minimum absolute atomic E-state index is 0.390. The van der Waals surface area contributed by atoms with Gasteiger partial charge in [-0.2, -0.15) is 0 Å². The van der Waals surface area contributed by atoms with Gasteiger partial charge in [-0.25, -0.2) is 0 Å². The van der Waals surface area contributed by atoms with Crippen molar-refractivity contribution in [3.05, 3.63) is 34.9 Å². The second-order valence-corrected chi connectivity index (χ2v) is 3.31. The zero-order valence-corrected chi connectivity index (χ0v) is 8.02. The van der Waals surface area contributed by atoms with E-state index in [-0.39, 0.29) is 0 Å². The Hall–Kier alpha value is -0.930. The van der Waals surface area contributed by atoms with Crippen molar-refractivity contribution in [2.45, 2.75) is 13.8 Å². The van der Waals surface area contributed by atoms with E-state index in [4.69, 9.17) is 11.6 Å². The molecule has 1 aromatic carbocycles. The fourth-order valence-electron chi connectivity index (χ4n) is 0.785. The van der Waals surface area contributed by atoms with Crippen LogP contribution in [0.1, 0.15) is 19.4 Å². The minimum atomic E-state index is 0.390. The predicted octanol–water partition coefficient (Wildman–Crippen LogP) is 3.35. The van der Waals surface area contributed by atoms with Crippen LogP contribution in [0.5, 0.6) is 0 Å². The molecular formula is C11H11Cl. The van der Waals surface area contributed by atoms with E-state index < -0.39 is 0 Å². The Balaban J connectivity index is 2.92. The second-order valence-electron chi connectivity index (χ2n) is 2.90. The molecule has 0 bridgehead atoms. The highest BCUT2D eigenvalue weighted by Gasteiger charge is 1.92. The van der Waals surface area contributed by atoms with Crippen LogP contribution in [0, 0.1) is 17.8 Å². The van der Waals surface area contributed by atoms with Gasteiger partial charge in [0.15, 0.2) is 0 Å². The summed E-state index contributed by atoms with van der Waals surface area (Å²) < 4.78 is 0. The molecule has 0 fully saturated rings. The second kappa shape index (κ2) is 4.18. The van der Waals surface area contributed by atoms with Crippen molar-refractivity contribution in [1.82, 2.24) is 0 Å². The molecule has 0 aliphatic rings. The maximum absolute atomic E-state index is 5.91. The first-order valence-corrected chi connectivity index (χ1v) is 4.34. The van der Waals surface area contributed by atoms with Crippen molar-refractivity contribution >= 4 is 11.6 Å². The first-order chi connectivity index (χ1) is 5.70. The highest BCUT2D eigenvalue weighted by molar-refractivity contribution is 6.31. The van der Waals surface area contributed by atoms with Gasteiger partial charge in [-0.1, -0.05) is 49.4 Å². The molecule has 62 valence electrons. The Kier molecular flexibility index (Phi) is 3.19. The van der Waals surface area contributed by atoms with Gasteiger partial charge < -0.3 is 0 Å². The summed E-state index contributed by atoms with van der Waals surface area (Å²) in [4.78, 5) is 0. The Bertz CT molecular complexity index is 315. The van der Waals surface area contributed by atoms with Crippen molar-refractivity contribution in [2.75, 3.05) is 0 Å². The van der Waals surface area contributed by atoms with Crippen LogP contribution in [0.3, 0.4) is 0 Å². The SMILES string of the molecule is CC(C)C#Cc1ccccc1Cl. The maximum Gasteiger partial charge on any atom is 0.0562 e. The molecular weight excluding hydrogens is 168 g/mol. The number of benzene rings is 1. The van der Waals surface area contributed by atoms with E-state index in [0.717, 1.165) is 10.6 Å². The maximum atomic E-state index is 5.91. The van der Waals surface area contributed by atoms with Gasteiger partial charge in [-0.3, -0.25) is 0 Å². The number of hydrogen-bond donors (Lipinski definition) is 0. The molecule has 0 radical (unpaired) electrons. The Morgan fingerprint density at radius 1 is 1.25 bits per heavy atom. The van der Waals surface area contributed by atoms with Gasteiger partial charge in [0.05, 0.1) is 5.02 Å². The molecule has 0 atom stereocenters. The van der Waals surface area contributed by atoms with Crippen LogP contribution in [0.2, 0.25) is 5.02 Å². The van der Waals surface area contributed by atoms with Crippen LogP contribution in [-0.2, 0) is 0 Å².